The summed E-state index contributed by atoms with van der Waals surface area (Å²) in [5.74, 6) is 0.0673. The van der Waals surface area contributed by atoms with Crippen molar-refractivity contribution in [1.29, 1.82) is 0 Å². The molecular weight excluding hydrogens is 244 g/mol. The van der Waals surface area contributed by atoms with Crippen LogP contribution in [-0.2, 0) is 16.1 Å². The number of rotatable bonds is 1. The quantitative estimate of drug-likeness (QED) is 0.750. The molecule has 0 aliphatic carbocycles. The van der Waals surface area contributed by atoms with E-state index in [2.05, 4.69) is 5.32 Å². The highest BCUT2D eigenvalue weighted by molar-refractivity contribution is 6.01. The summed E-state index contributed by atoms with van der Waals surface area (Å²) in [5, 5.41) is 2.71. The van der Waals surface area contributed by atoms with Crippen LogP contribution in [0.4, 0.5) is 0 Å². The largest absolute Gasteiger partial charge is 0.491 e. The zero-order valence-corrected chi connectivity index (χ0v) is 10.6. The fourth-order valence-electron chi connectivity index (χ4n) is 2.56. The van der Waals surface area contributed by atoms with Crippen molar-refractivity contribution in [2.24, 2.45) is 5.92 Å². The number of carbonyl (C=O) groups is 2. The molecule has 3 rings (SSSR count). The summed E-state index contributed by atoms with van der Waals surface area (Å²) in [4.78, 5) is 25.7. The minimum Gasteiger partial charge on any atom is -0.491 e. The lowest BCUT2D eigenvalue weighted by molar-refractivity contribution is -0.141. The molecule has 2 aliphatic rings. The first-order valence-electron chi connectivity index (χ1n) is 6.53. The van der Waals surface area contributed by atoms with Gasteiger partial charge < -0.3 is 15.0 Å². The molecule has 0 saturated carbocycles. The van der Waals surface area contributed by atoms with Gasteiger partial charge in [-0.15, -0.1) is 0 Å². The Morgan fingerprint density at radius 3 is 3.00 bits per heavy atom. The van der Waals surface area contributed by atoms with Crippen molar-refractivity contribution in [3.05, 3.63) is 29.8 Å². The number of nitrogens with one attached hydrogen (secondary N) is 1. The first-order chi connectivity index (χ1) is 9.25. The second kappa shape index (κ2) is 4.91. The van der Waals surface area contributed by atoms with Gasteiger partial charge in [0.15, 0.2) is 0 Å². The predicted molar refractivity (Wildman–Crippen MR) is 68.5 cm³/mol. The van der Waals surface area contributed by atoms with Gasteiger partial charge in [-0.3, -0.25) is 9.59 Å². The zero-order chi connectivity index (χ0) is 13.2. The van der Waals surface area contributed by atoms with Crippen molar-refractivity contribution in [3.8, 4) is 5.75 Å². The van der Waals surface area contributed by atoms with E-state index in [0.717, 1.165) is 11.3 Å². The van der Waals surface area contributed by atoms with Crippen LogP contribution in [0.25, 0.3) is 0 Å². The van der Waals surface area contributed by atoms with E-state index in [9.17, 15) is 9.59 Å². The van der Waals surface area contributed by atoms with Gasteiger partial charge in [-0.1, -0.05) is 18.2 Å². The standard InChI is InChI=1S/C14H16N2O3/c17-13-11(5-6-15-13)14(18)16-7-8-19-12-4-2-1-3-10(12)9-16/h1-4,11H,5-9H2,(H,15,17). The van der Waals surface area contributed by atoms with E-state index in [4.69, 9.17) is 4.74 Å². The fraction of sp³-hybridized carbons (Fsp3) is 0.429. The van der Waals surface area contributed by atoms with Crippen molar-refractivity contribution in [1.82, 2.24) is 10.2 Å². The molecule has 19 heavy (non-hydrogen) atoms. The van der Waals surface area contributed by atoms with Crippen molar-refractivity contribution in [3.63, 3.8) is 0 Å². The Morgan fingerprint density at radius 1 is 1.37 bits per heavy atom. The molecule has 1 N–H and O–H groups in total. The SMILES string of the molecule is O=C1NCCC1C(=O)N1CCOc2ccccc2C1. The Hall–Kier alpha value is -2.04. The number of ether oxygens (including phenoxy) is 1. The van der Waals surface area contributed by atoms with Gasteiger partial charge in [0.25, 0.3) is 0 Å². The molecule has 1 saturated heterocycles. The van der Waals surface area contributed by atoms with Crippen molar-refractivity contribution in [2.75, 3.05) is 19.7 Å². The van der Waals surface area contributed by atoms with E-state index in [0.29, 0.717) is 32.7 Å². The van der Waals surface area contributed by atoms with Crippen molar-refractivity contribution in [2.45, 2.75) is 13.0 Å². The molecule has 100 valence electrons. The minimum absolute atomic E-state index is 0.0877. The maximum absolute atomic E-state index is 12.4. The Kier molecular flexibility index (Phi) is 3.11. The molecule has 5 nitrogen and oxygen atoms in total. The van der Waals surface area contributed by atoms with Crippen LogP contribution in [0.15, 0.2) is 24.3 Å². The molecule has 2 aliphatic heterocycles. The predicted octanol–water partition coefficient (Wildman–Crippen LogP) is 0.544. The van der Waals surface area contributed by atoms with Crippen LogP contribution < -0.4 is 10.1 Å². The third-order valence-corrected chi connectivity index (χ3v) is 3.61. The molecular formula is C14H16N2O3. The van der Waals surface area contributed by atoms with Crippen molar-refractivity contribution < 1.29 is 14.3 Å². The summed E-state index contributed by atoms with van der Waals surface area (Å²) >= 11 is 0. The number of fused-ring (bicyclic) bond motifs is 1. The van der Waals surface area contributed by atoms with E-state index >= 15 is 0 Å². The monoisotopic (exact) mass is 260 g/mol. The smallest absolute Gasteiger partial charge is 0.235 e. The first kappa shape index (κ1) is 12.0. The van der Waals surface area contributed by atoms with Crippen LogP contribution in [0.3, 0.4) is 0 Å². The van der Waals surface area contributed by atoms with Crippen LogP contribution in [0, 0.1) is 5.92 Å². The van der Waals surface area contributed by atoms with Crippen LogP contribution in [-0.4, -0.2) is 36.4 Å². The van der Waals surface area contributed by atoms with Gasteiger partial charge in [0.2, 0.25) is 11.8 Å². The zero-order valence-electron chi connectivity index (χ0n) is 10.6. The topological polar surface area (TPSA) is 58.6 Å². The highest BCUT2D eigenvalue weighted by atomic mass is 16.5. The summed E-state index contributed by atoms with van der Waals surface area (Å²) < 4.78 is 5.62. The maximum atomic E-state index is 12.4. The minimum atomic E-state index is -0.523. The first-order valence-corrected chi connectivity index (χ1v) is 6.53. The molecule has 1 atom stereocenters. The Bertz CT molecular complexity index is 515. The molecule has 2 heterocycles. The van der Waals surface area contributed by atoms with Crippen LogP contribution in [0.5, 0.6) is 5.75 Å². The van der Waals surface area contributed by atoms with E-state index in [-0.39, 0.29) is 11.8 Å². The molecule has 1 aromatic rings. The summed E-state index contributed by atoms with van der Waals surface area (Å²) in [6.45, 7) is 2.10. The lowest BCUT2D eigenvalue weighted by Crippen LogP contribution is -2.39. The second-order valence-electron chi connectivity index (χ2n) is 4.85. The molecule has 1 aromatic carbocycles. The van der Waals surface area contributed by atoms with Crippen LogP contribution >= 0.6 is 0 Å². The number of para-hydroxylation sites is 1. The van der Waals surface area contributed by atoms with Gasteiger partial charge in [0, 0.05) is 18.7 Å². The molecule has 0 bridgehead atoms. The highest BCUT2D eigenvalue weighted by Gasteiger charge is 2.34. The molecule has 0 spiro atoms. The van der Waals surface area contributed by atoms with Gasteiger partial charge in [0.05, 0.1) is 6.54 Å². The van der Waals surface area contributed by atoms with E-state index in [1.54, 1.807) is 4.90 Å². The average Bonchev–Trinajstić information content (AvgIpc) is 2.73. The lowest BCUT2D eigenvalue weighted by atomic mass is 10.1. The molecule has 2 amide bonds. The average molecular weight is 260 g/mol. The molecule has 0 aromatic heterocycles. The van der Waals surface area contributed by atoms with E-state index in [1.807, 2.05) is 24.3 Å². The highest BCUT2D eigenvalue weighted by Crippen LogP contribution is 2.24. The van der Waals surface area contributed by atoms with E-state index < -0.39 is 5.92 Å². The molecule has 1 unspecified atom stereocenters. The Morgan fingerprint density at radius 2 is 2.21 bits per heavy atom. The maximum Gasteiger partial charge on any atom is 0.235 e. The molecule has 5 heteroatoms. The van der Waals surface area contributed by atoms with Gasteiger partial charge in [-0.2, -0.15) is 0 Å². The molecule has 1 fully saturated rings. The van der Waals surface area contributed by atoms with Gasteiger partial charge >= 0.3 is 0 Å². The third kappa shape index (κ3) is 2.28. The number of nitrogens with zero attached hydrogens (tertiary/aromatic N) is 1. The van der Waals surface area contributed by atoms with E-state index in [1.165, 1.54) is 0 Å². The van der Waals surface area contributed by atoms with Gasteiger partial charge in [-0.25, -0.2) is 0 Å². The van der Waals surface area contributed by atoms with Gasteiger partial charge in [-0.05, 0) is 12.5 Å². The second-order valence-corrected chi connectivity index (χ2v) is 4.85. The lowest BCUT2D eigenvalue weighted by Gasteiger charge is -2.22. The third-order valence-electron chi connectivity index (χ3n) is 3.61. The number of hydrogen-bond donors (Lipinski definition) is 1. The Labute approximate surface area is 111 Å². The fourth-order valence-corrected chi connectivity index (χ4v) is 2.56. The van der Waals surface area contributed by atoms with Gasteiger partial charge in [0.1, 0.15) is 18.3 Å². The number of benzene rings is 1. The normalized spacial score (nSPS) is 22.2. The van der Waals surface area contributed by atoms with Crippen LogP contribution in [0.1, 0.15) is 12.0 Å². The van der Waals surface area contributed by atoms with Crippen molar-refractivity contribution >= 4 is 11.8 Å². The summed E-state index contributed by atoms with van der Waals surface area (Å²) in [6, 6.07) is 7.71. The number of amides is 2. The number of hydrogen-bond acceptors (Lipinski definition) is 3. The summed E-state index contributed by atoms with van der Waals surface area (Å²) in [5.41, 5.74) is 0.992. The summed E-state index contributed by atoms with van der Waals surface area (Å²) in [6.07, 6.45) is 0.594. The Balaban J connectivity index is 1.79. The van der Waals surface area contributed by atoms with Crippen LogP contribution in [0.2, 0.25) is 0 Å². The molecule has 0 radical (unpaired) electrons. The summed E-state index contributed by atoms with van der Waals surface area (Å²) in [7, 11) is 0. The number of carbonyl (C=O) groups excluding carboxylic acids is 2.